The largest absolute Gasteiger partial charge is 0.508 e. The van der Waals surface area contributed by atoms with Gasteiger partial charge in [0.25, 0.3) is 0 Å². The molecule has 0 saturated heterocycles. The first kappa shape index (κ1) is 11.8. The molecule has 1 aliphatic heterocycles. The molecule has 1 saturated carbocycles. The monoisotopic (exact) mass is 249 g/mol. The maximum absolute atomic E-state index is 9.37. The van der Waals surface area contributed by atoms with E-state index in [1.54, 1.807) is 12.1 Å². The first-order valence-electron chi connectivity index (χ1n) is 6.60. The molecule has 0 spiro atoms. The molecule has 4 nitrogen and oxygen atoms in total. The highest BCUT2D eigenvalue weighted by Gasteiger charge is 2.24. The van der Waals surface area contributed by atoms with E-state index in [4.69, 9.17) is 9.47 Å². The molecule has 1 unspecified atom stereocenters. The molecule has 2 N–H and O–H groups in total. The number of phenols is 1. The summed E-state index contributed by atoms with van der Waals surface area (Å²) >= 11 is 0. The Morgan fingerprint density at radius 3 is 3.11 bits per heavy atom. The van der Waals surface area contributed by atoms with E-state index in [0.29, 0.717) is 6.61 Å². The van der Waals surface area contributed by atoms with Crippen molar-refractivity contribution in [2.45, 2.75) is 18.9 Å². The first-order valence-corrected chi connectivity index (χ1v) is 6.60. The van der Waals surface area contributed by atoms with E-state index < -0.39 is 0 Å². The third kappa shape index (κ3) is 2.76. The van der Waals surface area contributed by atoms with Crippen LogP contribution in [0.5, 0.6) is 11.5 Å². The van der Waals surface area contributed by atoms with Gasteiger partial charge in [0.05, 0.1) is 12.6 Å². The third-order valence-corrected chi connectivity index (χ3v) is 3.47. The van der Waals surface area contributed by atoms with Gasteiger partial charge in [0.15, 0.2) is 0 Å². The molecular weight excluding hydrogens is 230 g/mol. The van der Waals surface area contributed by atoms with Gasteiger partial charge >= 0.3 is 0 Å². The minimum atomic E-state index is 0.213. The fourth-order valence-electron chi connectivity index (χ4n) is 2.21. The molecule has 2 aliphatic rings. The average molecular weight is 249 g/mol. The lowest BCUT2D eigenvalue weighted by Gasteiger charge is -2.11. The second-order valence-electron chi connectivity index (χ2n) is 5.06. The molecule has 1 aliphatic carbocycles. The average Bonchev–Trinajstić information content (AvgIpc) is 3.10. The minimum absolute atomic E-state index is 0.213. The molecule has 3 rings (SSSR count). The van der Waals surface area contributed by atoms with Gasteiger partial charge in [0, 0.05) is 24.8 Å². The maximum Gasteiger partial charge on any atom is 0.127 e. The number of nitrogens with one attached hydrogen (secondary N) is 1. The van der Waals surface area contributed by atoms with Crippen molar-refractivity contribution < 1.29 is 14.6 Å². The Morgan fingerprint density at radius 2 is 2.28 bits per heavy atom. The Labute approximate surface area is 107 Å². The van der Waals surface area contributed by atoms with E-state index in [2.05, 4.69) is 5.32 Å². The molecule has 4 heteroatoms. The van der Waals surface area contributed by atoms with Gasteiger partial charge in [-0.3, -0.25) is 0 Å². The standard InChI is InChI=1S/C14H19NO3/c16-11-3-4-12-13(9-18-14(12)7-11)15-5-6-17-8-10-1-2-10/h3-4,7,10,13,15-16H,1-2,5-6,8-9H2. The van der Waals surface area contributed by atoms with Crippen LogP contribution in [-0.4, -0.2) is 31.5 Å². The molecular formula is C14H19NO3. The van der Waals surface area contributed by atoms with Crippen molar-refractivity contribution in [3.63, 3.8) is 0 Å². The second kappa shape index (κ2) is 5.16. The number of hydrogen-bond donors (Lipinski definition) is 2. The van der Waals surface area contributed by atoms with Gasteiger partial charge in [-0.2, -0.15) is 0 Å². The van der Waals surface area contributed by atoms with Gasteiger partial charge in [0.2, 0.25) is 0 Å². The van der Waals surface area contributed by atoms with Gasteiger partial charge in [-0.25, -0.2) is 0 Å². The Morgan fingerprint density at radius 1 is 1.39 bits per heavy atom. The van der Waals surface area contributed by atoms with Gasteiger partial charge < -0.3 is 19.9 Å². The zero-order valence-corrected chi connectivity index (χ0v) is 10.4. The predicted octanol–water partition coefficient (Wildman–Crippen LogP) is 1.84. The van der Waals surface area contributed by atoms with E-state index >= 15 is 0 Å². The van der Waals surface area contributed by atoms with Crippen molar-refractivity contribution in [3.05, 3.63) is 23.8 Å². The Kier molecular flexibility index (Phi) is 3.39. The summed E-state index contributed by atoms with van der Waals surface area (Å²) in [6.07, 6.45) is 2.67. The smallest absolute Gasteiger partial charge is 0.127 e. The zero-order valence-electron chi connectivity index (χ0n) is 10.4. The molecule has 1 heterocycles. The van der Waals surface area contributed by atoms with Crippen LogP contribution < -0.4 is 10.1 Å². The van der Waals surface area contributed by atoms with E-state index in [1.807, 2.05) is 6.07 Å². The molecule has 1 fully saturated rings. The number of benzene rings is 1. The SMILES string of the molecule is Oc1ccc2c(c1)OCC2NCCOCC1CC1. The molecule has 0 aromatic heterocycles. The second-order valence-corrected chi connectivity index (χ2v) is 5.06. The topological polar surface area (TPSA) is 50.7 Å². The number of phenolic OH excluding ortho intramolecular Hbond substituents is 1. The van der Waals surface area contributed by atoms with Crippen LogP contribution in [0.2, 0.25) is 0 Å². The summed E-state index contributed by atoms with van der Waals surface area (Å²) in [4.78, 5) is 0. The maximum atomic E-state index is 9.37. The molecule has 18 heavy (non-hydrogen) atoms. The number of fused-ring (bicyclic) bond motifs is 1. The first-order chi connectivity index (χ1) is 8.83. The predicted molar refractivity (Wildman–Crippen MR) is 67.9 cm³/mol. The van der Waals surface area contributed by atoms with Gasteiger partial charge in [-0.15, -0.1) is 0 Å². The molecule has 98 valence electrons. The molecule has 0 bridgehead atoms. The van der Waals surface area contributed by atoms with E-state index in [9.17, 15) is 5.11 Å². The van der Waals surface area contributed by atoms with Crippen LogP contribution in [0.4, 0.5) is 0 Å². The third-order valence-electron chi connectivity index (χ3n) is 3.47. The summed E-state index contributed by atoms with van der Waals surface area (Å²) in [6, 6.07) is 5.50. The highest BCUT2D eigenvalue weighted by molar-refractivity contribution is 5.44. The quantitative estimate of drug-likeness (QED) is 0.755. The number of aromatic hydroxyl groups is 1. The molecule has 1 atom stereocenters. The summed E-state index contributed by atoms with van der Waals surface area (Å²) in [5, 5.41) is 12.8. The molecule has 1 aromatic rings. The van der Waals surface area contributed by atoms with Crippen molar-refractivity contribution in [1.82, 2.24) is 5.32 Å². The van der Waals surface area contributed by atoms with E-state index in [-0.39, 0.29) is 11.8 Å². The van der Waals surface area contributed by atoms with Crippen molar-refractivity contribution in [2.75, 3.05) is 26.4 Å². The van der Waals surface area contributed by atoms with E-state index in [0.717, 1.165) is 37.0 Å². The summed E-state index contributed by atoms with van der Waals surface area (Å²) in [6.45, 7) is 3.12. The fraction of sp³-hybridized carbons (Fsp3) is 0.571. The van der Waals surface area contributed by atoms with Gasteiger partial charge in [0.1, 0.15) is 18.1 Å². The molecule has 0 radical (unpaired) electrons. The number of rotatable bonds is 6. The lowest BCUT2D eigenvalue weighted by Crippen LogP contribution is -2.26. The molecule has 1 aromatic carbocycles. The van der Waals surface area contributed by atoms with Crippen LogP contribution in [0.3, 0.4) is 0 Å². The Hall–Kier alpha value is -1.26. The van der Waals surface area contributed by atoms with Crippen LogP contribution in [0.1, 0.15) is 24.4 Å². The Bertz CT molecular complexity index is 418. The van der Waals surface area contributed by atoms with Gasteiger partial charge in [-0.1, -0.05) is 0 Å². The summed E-state index contributed by atoms with van der Waals surface area (Å²) in [5.74, 6) is 1.86. The van der Waals surface area contributed by atoms with Crippen LogP contribution in [0.25, 0.3) is 0 Å². The van der Waals surface area contributed by atoms with Crippen molar-refractivity contribution in [1.29, 1.82) is 0 Å². The summed E-state index contributed by atoms with van der Waals surface area (Å²) in [5.41, 5.74) is 1.12. The summed E-state index contributed by atoms with van der Waals surface area (Å²) < 4.78 is 11.1. The lowest BCUT2D eigenvalue weighted by atomic mass is 10.1. The van der Waals surface area contributed by atoms with Crippen molar-refractivity contribution in [3.8, 4) is 11.5 Å². The minimum Gasteiger partial charge on any atom is -0.508 e. The van der Waals surface area contributed by atoms with Crippen LogP contribution >= 0.6 is 0 Å². The van der Waals surface area contributed by atoms with Crippen molar-refractivity contribution >= 4 is 0 Å². The van der Waals surface area contributed by atoms with Crippen LogP contribution in [0, 0.1) is 5.92 Å². The van der Waals surface area contributed by atoms with Crippen LogP contribution in [-0.2, 0) is 4.74 Å². The number of ether oxygens (including phenoxy) is 2. The van der Waals surface area contributed by atoms with Gasteiger partial charge in [-0.05, 0) is 30.9 Å². The highest BCUT2D eigenvalue weighted by atomic mass is 16.5. The fourth-order valence-corrected chi connectivity index (χ4v) is 2.21. The summed E-state index contributed by atoms with van der Waals surface area (Å²) in [7, 11) is 0. The Balaban J connectivity index is 1.44. The highest BCUT2D eigenvalue weighted by Crippen LogP contribution is 2.34. The molecule has 0 amide bonds. The zero-order chi connectivity index (χ0) is 12.4. The van der Waals surface area contributed by atoms with Crippen LogP contribution in [0.15, 0.2) is 18.2 Å². The van der Waals surface area contributed by atoms with E-state index in [1.165, 1.54) is 12.8 Å². The van der Waals surface area contributed by atoms with Crippen molar-refractivity contribution in [2.24, 2.45) is 5.92 Å². The lowest BCUT2D eigenvalue weighted by molar-refractivity contribution is 0.123. The number of hydrogen-bond acceptors (Lipinski definition) is 4. The normalized spacial score (nSPS) is 21.7.